The van der Waals surface area contributed by atoms with Gasteiger partial charge in [0.15, 0.2) is 9.93 Å². The van der Waals surface area contributed by atoms with Crippen LogP contribution in [0.1, 0.15) is 0 Å². The number of anilines is 1. The standard InChI is InChI=1S/C23H19ClN4O4S3/c1-32-21(31)10-28-17-8-7-15(24)9-18(17)35-23(28)27-20(30)13-33-12-19(29)26-22-25-16(11-34-22)14-5-3-2-4-6-14/h2-9,11H,10,12-13H2,1H3,(H,25,26,29). The maximum Gasteiger partial charge on any atom is 0.325 e. The zero-order valence-corrected chi connectivity index (χ0v) is 21.6. The highest BCUT2D eigenvalue weighted by atomic mass is 35.5. The lowest BCUT2D eigenvalue weighted by atomic mass is 10.2. The Bertz CT molecular complexity index is 1450. The van der Waals surface area contributed by atoms with Crippen LogP contribution < -0.4 is 10.1 Å². The van der Waals surface area contributed by atoms with E-state index < -0.39 is 11.9 Å². The van der Waals surface area contributed by atoms with Gasteiger partial charge in [0.25, 0.3) is 5.91 Å². The van der Waals surface area contributed by atoms with Crippen LogP contribution in [0, 0.1) is 0 Å². The Morgan fingerprint density at radius 1 is 1.17 bits per heavy atom. The average Bonchev–Trinajstić information content (AvgIpc) is 3.44. The number of methoxy groups -OCH3 is 1. The van der Waals surface area contributed by atoms with Gasteiger partial charge in [0, 0.05) is 16.0 Å². The fourth-order valence-corrected chi connectivity index (χ4v) is 5.73. The van der Waals surface area contributed by atoms with Gasteiger partial charge in [0.1, 0.15) is 6.54 Å². The number of benzene rings is 2. The summed E-state index contributed by atoms with van der Waals surface area (Å²) in [5.74, 6) is -1.05. The van der Waals surface area contributed by atoms with Gasteiger partial charge in [-0.15, -0.1) is 23.1 Å². The van der Waals surface area contributed by atoms with Crippen molar-refractivity contribution in [1.29, 1.82) is 0 Å². The van der Waals surface area contributed by atoms with E-state index in [9.17, 15) is 14.4 Å². The molecule has 2 heterocycles. The molecule has 0 spiro atoms. The van der Waals surface area contributed by atoms with Crippen LogP contribution in [0.5, 0.6) is 0 Å². The van der Waals surface area contributed by atoms with Crippen LogP contribution in [0.2, 0.25) is 5.02 Å². The topological polar surface area (TPSA) is 103 Å². The number of carbonyl (C=O) groups is 3. The highest BCUT2D eigenvalue weighted by Crippen LogP contribution is 2.25. The number of aromatic nitrogens is 2. The first-order chi connectivity index (χ1) is 16.9. The van der Waals surface area contributed by atoms with Crippen LogP contribution in [0.4, 0.5) is 5.13 Å². The number of hydrogen-bond donors (Lipinski definition) is 1. The van der Waals surface area contributed by atoms with Crippen molar-refractivity contribution < 1.29 is 19.1 Å². The lowest BCUT2D eigenvalue weighted by Crippen LogP contribution is -2.23. The van der Waals surface area contributed by atoms with Crippen molar-refractivity contribution in [2.75, 3.05) is 23.9 Å². The number of nitrogens with zero attached hydrogens (tertiary/aromatic N) is 3. The zero-order chi connectivity index (χ0) is 24.8. The van der Waals surface area contributed by atoms with Gasteiger partial charge in [-0.05, 0) is 18.2 Å². The minimum Gasteiger partial charge on any atom is -0.468 e. The van der Waals surface area contributed by atoms with Gasteiger partial charge in [-0.25, -0.2) is 4.98 Å². The van der Waals surface area contributed by atoms with Gasteiger partial charge in [-0.3, -0.25) is 14.4 Å². The van der Waals surface area contributed by atoms with Crippen molar-refractivity contribution in [2.45, 2.75) is 6.54 Å². The van der Waals surface area contributed by atoms with Gasteiger partial charge >= 0.3 is 5.97 Å². The summed E-state index contributed by atoms with van der Waals surface area (Å²) < 4.78 is 7.17. The molecule has 0 saturated carbocycles. The molecule has 0 unspecified atom stereocenters. The molecule has 4 rings (SSSR count). The number of amides is 2. The Kier molecular flexibility index (Phi) is 8.34. The second kappa shape index (κ2) is 11.6. The SMILES string of the molecule is COC(=O)Cn1c(=NC(=O)CSCC(=O)Nc2nc(-c3ccccc3)cs2)sc2cc(Cl)ccc21. The number of thiazole rings is 2. The molecule has 0 aliphatic heterocycles. The molecule has 0 radical (unpaired) electrons. The molecule has 2 amide bonds. The molecule has 2 aromatic heterocycles. The van der Waals surface area contributed by atoms with Gasteiger partial charge in [-0.2, -0.15) is 4.99 Å². The minimum atomic E-state index is -0.461. The highest BCUT2D eigenvalue weighted by Gasteiger charge is 2.13. The number of fused-ring (bicyclic) bond motifs is 1. The van der Waals surface area contributed by atoms with Gasteiger partial charge in [0.2, 0.25) is 5.91 Å². The third-order valence-electron chi connectivity index (χ3n) is 4.66. The van der Waals surface area contributed by atoms with Gasteiger partial charge < -0.3 is 14.6 Å². The Hall–Kier alpha value is -2.99. The summed E-state index contributed by atoms with van der Waals surface area (Å²) in [7, 11) is 1.30. The molecule has 0 aliphatic rings. The molecule has 0 bridgehead atoms. The summed E-state index contributed by atoms with van der Waals surface area (Å²) in [5, 5.41) is 5.67. The van der Waals surface area contributed by atoms with E-state index in [4.69, 9.17) is 16.3 Å². The number of halogens is 1. The normalized spacial score (nSPS) is 11.5. The van der Waals surface area contributed by atoms with Crippen molar-refractivity contribution in [2.24, 2.45) is 4.99 Å². The molecule has 0 aliphatic carbocycles. The predicted octanol–water partition coefficient (Wildman–Crippen LogP) is 4.45. The smallest absolute Gasteiger partial charge is 0.325 e. The zero-order valence-electron chi connectivity index (χ0n) is 18.4. The predicted molar refractivity (Wildman–Crippen MR) is 141 cm³/mol. The van der Waals surface area contributed by atoms with Crippen LogP contribution in [0.15, 0.2) is 58.9 Å². The number of thioether (sulfide) groups is 1. The fourth-order valence-electron chi connectivity index (χ4n) is 3.08. The van der Waals surface area contributed by atoms with Crippen molar-refractivity contribution in [3.8, 4) is 11.3 Å². The molecule has 0 atom stereocenters. The summed E-state index contributed by atoms with van der Waals surface area (Å²) in [6.45, 7) is -0.0847. The number of hydrogen-bond acceptors (Lipinski definition) is 8. The van der Waals surface area contributed by atoms with Gasteiger partial charge in [-0.1, -0.05) is 53.3 Å². The molecule has 180 valence electrons. The molecule has 35 heavy (non-hydrogen) atoms. The average molecular weight is 547 g/mol. The summed E-state index contributed by atoms with van der Waals surface area (Å²) in [4.78, 5) is 45.6. The van der Waals surface area contributed by atoms with Crippen LogP contribution in [-0.2, 0) is 25.7 Å². The molecule has 2 aromatic carbocycles. The van der Waals surface area contributed by atoms with E-state index in [1.165, 1.54) is 29.8 Å². The second-order valence-corrected chi connectivity index (χ2v) is 10.4. The molecular formula is C23H19ClN4O4S3. The largest absolute Gasteiger partial charge is 0.468 e. The number of esters is 1. The van der Waals surface area contributed by atoms with E-state index in [0.717, 1.165) is 33.2 Å². The van der Waals surface area contributed by atoms with Crippen molar-refractivity contribution >= 4 is 79.2 Å². The van der Waals surface area contributed by atoms with E-state index in [1.54, 1.807) is 22.8 Å². The lowest BCUT2D eigenvalue weighted by molar-refractivity contribution is -0.141. The van der Waals surface area contributed by atoms with Crippen molar-refractivity contribution in [1.82, 2.24) is 9.55 Å². The third-order valence-corrected chi connectivity index (χ3v) is 7.61. The summed E-state index contributed by atoms with van der Waals surface area (Å²) in [6.07, 6.45) is 0. The maximum atomic E-state index is 12.5. The molecule has 8 nitrogen and oxygen atoms in total. The number of carbonyl (C=O) groups excluding carboxylic acids is 3. The molecule has 4 aromatic rings. The molecular weight excluding hydrogens is 528 g/mol. The monoisotopic (exact) mass is 546 g/mol. The Morgan fingerprint density at radius 2 is 1.97 bits per heavy atom. The summed E-state index contributed by atoms with van der Waals surface area (Å²) in [5.41, 5.74) is 2.48. The molecule has 0 saturated heterocycles. The van der Waals surface area contributed by atoms with E-state index in [0.29, 0.717) is 15.0 Å². The van der Waals surface area contributed by atoms with Crippen LogP contribution in [0.3, 0.4) is 0 Å². The first kappa shape index (κ1) is 25.1. The third kappa shape index (κ3) is 6.57. The number of rotatable bonds is 8. The first-order valence-electron chi connectivity index (χ1n) is 10.2. The number of nitrogens with one attached hydrogen (secondary N) is 1. The maximum absolute atomic E-state index is 12.5. The van der Waals surface area contributed by atoms with E-state index >= 15 is 0 Å². The molecule has 1 N–H and O–H groups in total. The van der Waals surface area contributed by atoms with Crippen LogP contribution in [0.25, 0.3) is 21.5 Å². The fraction of sp³-hybridized carbons (Fsp3) is 0.174. The van der Waals surface area contributed by atoms with E-state index in [-0.39, 0.29) is 24.0 Å². The number of ether oxygens (including phenoxy) is 1. The van der Waals surface area contributed by atoms with Crippen molar-refractivity contribution in [3.63, 3.8) is 0 Å². The summed E-state index contributed by atoms with van der Waals surface area (Å²) in [6, 6.07) is 14.9. The quantitative estimate of drug-likeness (QED) is 0.327. The Balaban J connectivity index is 1.37. The Labute approximate surface area is 217 Å². The van der Waals surface area contributed by atoms with Gasteiger partial charge in [0.05, 0.1) is 34.5 Å². The van der Waals surface area contributed by atoms with E-state index in [1.807, 2.05) is 35.7 Å². The first-order valence-corrected chi connectivity index (χ1v) is 13.5. The Morgan fingerprint density at radius 3 is 2.74 bits per heavy atom. The van der Waals surface area contributed by atoms with E-state index in [2.05, 4.69) is 15.3 Å². The van der Waals surface area contributed by atoms with Crippen LogP contribution >= 0.6 is 46.0 Å². The van der Waals surface area contributed by atoms with Crippen molar-refractivity contribution in [3.05, 3.63) is 63.7 Å². The van der Waals surface area contributed by atoms with Crippen LogP contribution in [-0.4, -0.2) is 46.0 Å². The molecule has 0 fully saturated rings. The second-order valence-electron chi connectivity index (χ2n) is 7.11. The minimum absolute atomic E-state index is 0.00772. The molecule has 12 heteroatoms. The summed E-state index contributed by atoms with van der Waals surface area (Å²) >= 11 is 9.81. The highest BCUT2D eigenvalue weighted by molar-refractivity contribution is 8.00. The lowest BCUT2D eigenvalue weighted by Gasteiger charge is -2.03.